The maximum Gasteiger partial charge on any atom is 0.289 e. The third-order valence-corrected chi connectivity index (χ3v) is 6.71. The number of hydrogen-bond donors (Lipinski definition) is 0. The molecule has 0 saturated heterocycles. The van der Waals surface area contributed by atoms with E-state index in [-0.39, 0.29) is 30.5 Å². The minimum absolute atomic E-state index is 0.0865. The van der Waals surface area contributed by atoms with Gasteiger partial charge in [0.2, 0.25) is 5.91 Å². The van der Waals surface area contributed by atoms with Gasteiger partial charge in [0.25, 0.3) is 5.91 Å². The van der Waals surface area contributed by atoms with Crippen LogP contribution in [0.3, 0.4) is 0 Å². The van der Waals surface area contributed by atoms with E-state index in [2.05, 4.69) is 37.3 Å². The summed E-state index contributed by atoms with van der Waals surface area (Å²) in [6.07, 6.45) is 1.29. The number of carbonyl (C=O) groups excluding carboxylic acids is 2. The number of rotatable bonds is 7. The number of fused-ring (bicyclic) bond motifs is 1. The number of carbonyl (C=O) groups is 2. The molecule has 1 unspecified atom stereocenters. The van der Waals surface area contributed by atoms with E-state index in [1.54, 1.807) is 24.1 Å². The zero-order chi connectivity index (χ0) is 25.1. The highest BCUT2D eigenvalue weighted by Gasteiger charge is 2.31. The molecular weight excluding hydrogens is 440 g/mol. The van der Waals surface area contributed by atoms with Gasteiger partial charge < -0.3 is 19.0 Å². The largest absolute Gasteiger partial charge is 0.486 e. The molecule has 0 N–H and O–H groups in total. The van der Waals surface area contributed by atoms with Crippen molar-refractivity contribution in [3.8, 4) is 5.75 Å². The second kappa shape index (κ2) is 10.4. The highest BCUT2D eigenvalue weighted by atomic mass is 16.5. The van der Waals surface area contributed by atoms with Crippen molar-refractivity contribution < 1.29 is 18.7 Å². The van der Waals surface area contributed by atoms with E-state index < -0.39 is 0 Å². The van der Waals surface area contributed by atoms with Gasteiger partial charge in [-0.25, -0.2) is 0 Å². The van der Waals surface area contributed by atoms with Gasteiger partial charge in [0.05, 0.1) is 6.04 Å². The summed E-state index contributed by atoms with van der Waals surface area (Å²) in [7, 11) is 1.76. The minimum atomic E-state index is -0.151. The second-order valence-electron chi connectivity index (χ2n) is 9.43. The van der Waals surface area contributed by atoms with Crippen LogP contribution in [-0.4, -0.2) is 41.2 Å². The highest BCUT2D eigenvalue weighted by molar-refractivity contribution is 5.91. The molecule has 2 aromatic carbocycles. The molecule has 1 atom stereocenters. The lowest BCUT2D eigenvalue weighted by Gasteiger charge is -2.38. The first-order valence-electron chi connectivity index (χ1n) is 12.3. The van der Waals surface area contributed by atoms with E-state index in [9.17, 15) is 9.59 Å². The molecule has 1 aliphatic heterocycles. The van der Waals surface area contributed by atoms with Crippen LogP contribution in [0, 0.1) is 6.92 Å². The fourth-order valence-electron chi connectivity index (χ4n) is 4.40. The van der Waals surface area contributed by atoms with Crippen molar-refractivity contribution in [1.29, 1.82) is 0 Å². The molecule has 4 rings (SSSR count). The zero-order valence-corrected chi connectivity index (χ0v) is 21.2. The van der Waals surface area contributed by atoms with Crippen LogP contribution < -0.4 is 4.74 Å². The van der Waals surface area contributed by atoms with Crippen molar-refractivity contribution in [2.75, 3.05) is 13.6 Å². The summed E-state index contributed by atoms with van der Waals surface area (Å²) >= 11 is 0. The van der Waals surface area contributed by atoms with Crippen molar-refractivity contribution in [1.82, 2.24) is 9.80 Å². The molecule has 0 spiro atoms. The van der Waals surface area contributed by atoms with Gasteiger partial charge in [0, 0.05) is 26.1 Å². The van der Waals surface area contributed by atoms with Crippen LogP contribution in [0.15, 0.2) is 59.0 Å². The second-order valence-corrected chi connectivity index (χ2v) is 9.43. The molecule has 2 amide bonds. The van der Waals surface area contributed by atoms with Gasteiger partial charge in [-0.15, -0.1) is 0 Å². The Labute approximate surface area is 207 Å². The van der Waals surface area contributed by atoms with Crippen LogP contribution in [0.25, 0.3) is 0 Å². The molecule has 35 heavy (non-hydrogen) atoms. The highest BCUT2D eigenvalue weighted by Crippen LogP contribution is 2.37. The summed E-state index contributed by atoms with van der Waals surface area (Å²) in [6, 6.07) is 17.9. The van der Waals surface area contributed by atoms with Crippen molar-refractivity contribution in [2.24, 2.45) is 0 Å². The molecule has 0 fully saturated rings. The van der Waals surface area contributed by atoms with Crippen molar-refractivity contribution in [3.05, 3.63) is 88.4 Å². The van der Waals surface area contributed by atoms with E-state index in [4.69, 9.17) is 9.15 Å². The average Bonchev–Trinajstić information content (AvgIpc) is 3.35. The van der Waals surface area contributed by atoms with Crippen LogP contribution in [0.4, 0.5) is 0 Å². The Morgan fingerprint density at radius 2 is 1.86 bits per heavy atom. The number of hydrogen-bond acceptors (Lipinski definition) is 4. The predicted molar refractivity (Wildman–Crippen MR) is 135 cm³/mol. The summed E-state index contributed by atoms with van der Waals surface area (Å²) in [6.45, 7) is 8.80. The predicted octanol–water partition coefficient (Wildman–Crippen LogP) is 5.53. The number of aryl methyl sites for hydroxylation is 1. The maximum atomic E-state index is 12.8. The Morgan fingerprint density at radius 3 is 2.54 bits per heavy atom. The Kier molecular flexibility index (Phi) is 7.29. The summed E-state index contributed by atoms with van der Waals surface area (Å²) in [5, 5.41) is 0. The van der Waals surface area contributed by atoms with Gasteiger partial charge in [-0.3, -0.25) is 9.59 Å². The molecule has 0 bridgehead atoms. The normalized spacial score (nSPS) is 15.1. The molecule has 0 aliphatic carbocycles. The Morgan fingerprint density at radius 1 is 1.11 bits per heavy atom. The number of benzene rings is 2. The molecule has 1 aliphatic rings. The fraction of sp³-hybridized carbons (Fsp3) is 0.379. The summed E-state index contributed by atoms with van der Waals surface area (Å²) in [5.74, 6) is 1.59. The first-order chi connectivity index (χ1) is 16.8. The lowest BCUT2D eigenvalue weighted by molar-refractivity contribution is -0.132. The standard InChI is InChI=1S/C29H34N2O4/c1-6-27(32)31-16-15-21-11-12-23(17-25(21)28(31)22-9-7-20(4)8-10-22)34-18-24-13-14-26(35-24)29(33)30(5)19(2)3/h7-14,17,19,28H,6,15-16,18H2,1-5H3. The SMILES string of the molecule is CCC(=O)N1CCc2ccc(OCc3ccc(C(=O)N(C)C(C)C)o3)cc2C1c1ccc(C)cc1. The monoisotopic (exact) mass is 474 g/mol. The van der Waals surface area contributed by atoms with Crippen LogP contribution in [-0.2, 0) is 17.8 Å². The molecule has 0 saturated carbocycles. The molecule has 0 radical (unpaired) electrons. The number of furan rings is 1. The zero-order valence-electron chi connectivity index (χ0n) is 21.2. The quantitative estimate of drug-likeness (QED) is 0.452. The lowest BCUT2D eigenvalue weighted by Crippen LogP contribution is -2.40. The summed E-state index contributed by atoms with van der Waals surface area (Å²) in [4.78, 5) is 28.9. The Balaban J connectivity index is 1.57. The van der Waals surface area contributed by atoms with Gasteiger partial charge >= 0.3 is 0 Å². The topological polar surface area (TPSA) is 63.0 Å². The van der Waals surface area contributed by atoms with E-state index in [1.807, 2.05) is 37.8 Å². The molecule has 2 heterocycles. The van der Waals surface area contributed by atoms with E-state index in [1.165, 1.54) is 11.1 Å². The molecule has 1 aromatic heterocycles. The average molecular weight is 475 g/mol. The van der Waals surface area contributed by atoms with Crippen LogP contribution in [0.5, 0.6) is 5.75 Å². The summed E-state index contributed by atoms with van der Waals surface area (Å²) < 4.78 is 11.8. The van der Waals surface area contributed by atoms with E-state index in [0.717, 1.165) is 17.5 Å². The fourth-order valence-corrected chi connectivity index (χ4v) is 4.40. The summed E-state index contributed by atoms with van der Waals surface area (Å²) in [5.41, 5.74) is 4.60. The van der Waals surface area contributed by atoms with Gasteiger partial charge in [-0.05, 0) is 68.1 Å². The van der Waals surface area contributed by atoms with Crippen molar-refractivity contribution in [2.45, 2.75) is 59.2 Å². The van der Waals surface area contributed by atoms with Crippen LogP contribution in [0.2, 0.25) is 0 Å². The lowest BCUT2D eigenvalue weighted by atomic mass is 9.87. The first-order valence-corrected chi connectivity index (χ1v) is 12.3. The molecular formula is C29H34N2O4. The van der Waals surface area contributed by atoms with E-state index in [0.29, 0.717) is 30.2 Å². The molecule has 6 nitrogen and oxygen atoms in total. The Hall–Kier alpha value is -3.54. The third-order valence-electron chi connectivity index (χ3n) is 6.71. The van der Waals surface area contributed by atoms with Crippen molar-refractivity contribution >= 4 is 11.8 Å². The maximum absolute atomic E-state index is 12.8. The van der Waals surface area contributed by atoms with Crippen LogP contribution >= 0.6 is 0 Å². The first kappa shape index (κ1) is 24.6. The Bertz CT molecular complexity index is 1200. The minimum Gasteiger partial charge on any atom is -0.486 e. The third kappa shape index (κ3) is 5.26. The number of amides is 2. The molecule has 3 aromatic rings. The number of nitrogens with zero attached hydrogens (tertiary/aromatic N) is 2. The van der Waals surface area contributed by atoms with Gasteiger partial charge in [-0.2, -0.15) is 0 Å². The molecule has 184 valence electrons. The van der Waals surface area contributed by atoms with Gasteiger partial charge in [0.15, 0.2) is 5.76 Å². The molecule has 6 heteroatoms. The van der Waals surface area contributed by atoms with Gasteiger partial charge in [-0.1, -0.05) is 42.8 Å². The number of ether oxygens (including phenoxy) is 1. The van der Waals surface area contributed by atoms with Crippen molar-refractivity contribution in [3.63, 3.8) is 0 Å². The van der Waals surface area contributed by atoms with Gasteiger partial charge in [0.1, 0.15) is 18.1 Å². The smallest absolute Gasteiger partial charge is 0.289 e. The van der Waals surface area contributed by atoms with Crippen LogP contribution in [0.1, 0.15) is 71.8 Å². The van der Waals surface area contributed by atoms with E-state index >= 15 is 0 Å².